The second kappa shape index (κ2) is 7.71. The molecule has 5 heterocycles. The summed E-state index contributed by atoms with van der Waals surface area (Å²) in [6, 6.07) is 0. The SMILES string of the molecule is CC1(C)OC2[C@@H](O1)[C@@H](COP(=O)(O)N1CCOCC1)O[C@H]2n1cnc2c(N)ncnc21. The number of aromatic nitrogens is 4. The zero-order chi connectivity index (χ0) is 21.8. The molecule has 0 radical (unpaired) electrons. The number of imidazole rings is 1. The Bertz CT molecular complexity index is 1010. The molecule has 170 valence electrons. The van der Waals surface area contributed by atoms with Crippen LogP contribution in [-0.2, 0) is 28.0 Å². The number of ether oxygens (including phenoxy) is 4. The van der Waals surface area contributed by atoms with Gasteiger partial charge in [0.2, 0.25) is 0 Å². The van der Waals surface area contributed by atoms with Crippen molar-refractivity contribution in [1.29, 1.82) is 0 Å². The van der Waals surface area contributed by atoms with E-state index in [4.69, 9.17) is 29.2 Å². The van der Waals surface area contributed by atoms with Gasteiger partial charge < -0.3 is 29.6 Å². The van der Waals surface area contributed by atoms with Crippen molar-refractivity contribution < 1.29 is 32.9 Å². The minimum absolute atomic E-state index is 0.147. The highest BCUT2D eigenvalue weighted by molar-refractivity contribution is 7.50. The summed E-state index contributed by atoms with van der Waals surface area (Å²) >= 11 is 0. The number of nitrogens with two attached hydrogens (primary N) is 1. The van der Waals surface area contributed by atoms with Gasteiger partial charge >= 0.3 is 7.75 Å². The molecule has 0 bridgehead atoms. The number of anilines is 1. The van der Waals surface area contributed by atoms with Crippen LogP contribution in [-0.4, -0.2) is 86.1 Å². The minimum Gasteiger partial charge on any atom is -0.382 e. The summed E-state index contributed by atoms with van der Waals surface area (Å²) in [5.74, 6) is -0.596. The molecule has 2 aromatic rings. The van der Waals surface area contributed by atoms with Crippen LogP contribution in [0, 0.1) is 0 Å². The fraction of sp³-hybridized carbons (Fsp3) is 0.706. The molecule has 0 spiro atoms. The minimum atomic E-state index is -3.99. The number of nitrogen functional groups attached to an aromatic ring is 1. The average molecular weight is 456 g/mol. The predicted molar refractivity (Wildman–Crippen MR) is 106 cm³/mol. The molecule has 13 nitrogen and oxygen atoms in total. The molecular formula is C17H25N6O7P. The number of hydrogen-bond acceptors (Lipinski definition) is 10. The quantitative estimate of drug-likeness (QED) is 0.593. The van der Waals surface area contributed by atoms with Gasteiger partial charge in [-0.3, -0.25) is 9.09 Å². The van der Waals surface area contributed by atoms with Crippen molar-refractivity contribution in [3.05, 3.63) is 12.7 Å². The standard InChI is InChI=1S/C17H25N6O7P/c1-17(2)29-12-10(7-27-31(24,25)22-3-5-26-6-4-22)28-16(13(12)30-17)23-9-21-11-14(18)19-8-20-15(11)23/h8-10,12-13,16H,3-7H2,1-2H3,(H,24,25)(H2,18,19,20)/t10-,12+,13?,16-/m1/s1. The fourth-order valence-corrected chi connectivity index (χ4v) is 5.31. The number of rotatable bonds is 5. The lowest BCUT2D eigenvalue weighted by molar-refractivity contribution is -0.199. The first kappa shape index (κ1) is 21.2. The Hall–Kier alpha value is -1.70. The fourth-order valence-electron chi connectivity index (χ4n) is 4.13. The Labute approximate surface area is 178 Å². The van der Waals surface area contributed by atoms with Crippen LogP contribution in [0.3, 0.4) is 0 Å². The summed E-state index contributed by atoms with van der Waals surface area (Å²) in [4.78, 5) is 22.9. The second-order valence-electron chi connectivity index (χ2n) is 8.07. The van der Waals surface area contributed by atoms with Gasteiger partial charge in [-0.15, -0.1) is 0 Å². The molecular weight excluding hydrogens is 431 g/mol. The van der Waals surface area contributed by atoms with Crippen molar-refractivity contribution in [2.45, 2.75) is 44.2 Å². The molecule has 3 aliphatic heterocycles. The van der Waals surface area contributed by atoms with Crippen LogP contribution in [0.1, 0.15) is 20.1 Å². The lowest BCUT2D eigenvalue weighted by Gasteiger charge is -2.30. The lowest BCUT2D eigenvalue weighted by Crippen LogP contribution is -2.36. The van der Waals surface area contributed by atoms with Gasteiger partial charge in [-0.1, -0.05) is 0 Å². The first-order chi connectivity index (χ1) is 14.8. The molecule has 0 aliphatic carbocycles. The zero-order valence-corrected chi connectivity index (χ0v) is 18.1. The second-order valence-corrected chi connectivity index (χ2v) is 9.87. The van der Waals surface area contributed by atoms with Gasteiger partial charge in [0.15, 0.2) is 23.5 Å². The highest BCUT2D eigenvalue weighted by Crippen LogP contribution is 2.49. The highest BCUT2D eigenvalue weighted by atomic mass is 31.2. The summed E-state index contributed by atoms with van der Waals surface area (Å²) < 4.78 is 44.8. The van der Waals surface area contributed by atoms with Gasteiger partial charge in [0.25, 0.3) is 0 Å². The molecule has 14 heteroatoms. The molecule has 0 aromatic carbocycles. The van der Waals surface area contributed by atoms with Gasteiger partial charge in [0.05, 0.1) is 26.1 Å². The zero-order valence-electron chi connectivity index (χ0n) is 17.2. The summed E-state index contributed by atoms with van der Waals surface area (Å²) in [6.07, 6.45) is 0.611. The average Bonchev–Trinajstić information content (AvgIpc) is 3.39. The van der Waals surface area contributed by atoms with Crippen molar-refractivity contribution in [2.24, 2.45) is 0 Å². The van der Waals surface area contributed by atoms with Crippen molar-refractivity contribution in [3.63, 3.8) is 0 Å². The molecule has 0 amide bonds. The molecule has 5 atom stereocenters. The Morgan fingerprint density at radius 3 is 2.77 bits per heavy atom. The third-order valence-corrected chi connectivity index (χ3v) is 7.14. The van der Waals surface area contributed by atoms with Crippen molar-refractivity contribution in [2.75, 3.05) is 38.6 Å². The van der Waals surface area contributed by atoms with Crippen LogP contribution >= 0.6 is 7.75 Å². The first-order valence-corrected chi connectivity index (χ1v) is 11.5. The maximum atomic E-state index is 12.7. The smallest absolute Gasteiger partial charge is 0.382 e. The normalized spacial score (nSPS) is 32.9. The third kappa shape index (κ3) is 3.85. The maximum Gasteiger partial charge on any atom is 0.405 e. The molecule has 31 heavy (non-hydrogen) atoms. The van der Waals surface area contributed by atoms with E-state index in [9.17, 15) is 9.46 Å². The Morgan fingerprint density at radius 2 is 2.00 bits per heavy atom. The van der Waals surface area contributed by atoms with E-state index in [0.29, 0.717) is 37.5 Å². The first-order valence-electron chi connectivity index (χ1n) is 10.00. The van der Waals surface area contributed by atoms with E-state index in [-0.39, 0.29) is 12.4 Å². The molecule has 3 aliphatic rings. The third-order valence-electron chi connectivity index (χ3n) is 5.54. The van der Waals surface area contributed by atoms with Gasteiger partial charge in [0, 0.05) is 13.1 Å². The molecule has 3 fully saturated rings. The van der Waals surface area contributed by atoms with E-state index < -0.39 is 38.1 Å². The van der Waals surface area contributed by atoms with Gasteiger partial charge in [-0.05, 0) is 13.8 Å². The number of nitrogens with zero attached hydrogens (tertiary/aromatic N) is 5. The highest BCUT2D eigenvalue weighted by Gasteiger charge is 2.56. The van der Waals surface area contributed by atoms with Crippen LogP contribution in [0.4, 0.5) is 5.82 Å². The number of hydrogen-bond donors (Lipinski definition) is 2. The van der Waals surface area contributed by atoms with Crippen LogP contribution in [0.2, 0.25) is 0 Å². The number of morpholine rings is 1. The number of fused-ring (bicyclic) bond motifs is 2. The van der Waals surface area contributed by atoms with E-state index in [2.05, 4.69) is 15.0 Å². The van der Waals surface area contributed by atoms with E-state index >= 15 is 0 Å². The maximum absolute atomic E-state index is 12.7. The van der Waals surface area contributed by atoms with Gasteiger partial charge in [-0.2, -0.15) is 0 Å². The largest absolute Gasteiger partial charge is 0.405 e. The molecule has 3 saturated heterocycles. The van der Waals surface area contributed by atoms with E-state index in [0.717, 1.165) is 0 Å². The Morgan fingerprint density at radius 1 is 1.26 bits per heavy atom. The topological polar surface area (TPSA) is 156 Å². The van der Waals surface area contributed by atoms with Crippen molar-refractivity contribution in [3.8, 4) is 0 Å². The van der Waals surface area contributed by atoms with Crippen molar-refractivity contribution >= 4 is 24.7 Å². The molecule has 0 saturated carbocycles. The summed E-state index contributed by atoms with van der Waals surface area (Å²) in [5, 5.41) is 0. The van der Waals surface area contributed by atoms with Gasteiger partial charge in [0.1, 0.15) is 30.2 Å². The molecule has 2 aromatic heterocycles. The van der Waals surface area contributed by atoms with Gasteiger partial charge in [-0.25, -0.2) is 24.2 Å². The Balaban J connectivity index is 1.38. The van der Waals surface area contributed by atoms with E-state index in [1.54, 1.807) is 24.7 Å². The predicted octanol–water partition coefficient (Wildman–Crippen LogP) is 0.275. The summed E-state index contributed by atoms with van der Waals surface area (Å²) in [5.41, 5.74) is 6.84. The molecule has 3 N–H and O–H groups in total. The monoisotopic (exact) mass is 456 g/mol. The lowest BCUT2D eigenvalue weighted by atomic mass is 10.1. The van der Waals surface area contributed by atoms with Crippen molar-refractivity contribution in [1.82, 2.24) is 24.2 Å². The van der Waals surface area contributed by atoms with E-state index in [1.165, 1.54) is 11.0 Å². The molecule has 2 unspecified atom stereocenters. The summed E-state index contributed by atoms with van der Waals surface area (Å²) in [6.45, 7) is 4.86. The molecule has 5 rings (SSSR count). The van der Waals surface area contributed by atoms with Crippen LogP contribution in [0.5, 0.6) is 0 Å². The van der Waals surface area contributed by atoms with Crippen LogP contribution < -0.4 is 5.73 Å². The van der Waals surface area contributed by atoms with E-state index in [1.807, 2.05) is 0 Å². The van der Waals surface area contributed by atoms with Crippen LogP contribution in [0.25, 0.3) is 11.2 Å². The van der Waals surface area contributed by atoms with Crippen LogP contribution in [0.15, 0.2) is 12.7 Å². The Kier molecular flexibility index (Phi) is 5.26. The summed E-state index contributed by atoms with van der Waals surface area (Å²) in [7, 11) is -3.99.